The normalized spacial score (nSPS) is 9.73. The molecule has 6 amide bonds. The Labute approximate surface area is 132 Å². The Morgan fingerprint density at radius 1 is 0.682 bits per heavy atom. The Hall–Kier alpha value is -2.19. The lowest BCUT2D eigenvalue weighted by Crippen LogP contribution is -2.48. The van der Waals surface area contributed by atoms with E-state index in [0.717, 1.165) is 0 Å². The van der Waals surface area contributed by atoms with E-state index in [1.165, 1.54) is 14.7 Å². The van der Waals surface area contributed by atoms with Gasteiger partial charge in [0.2, 0.25) is 0 Å². The Kier molecular flexibility index (Phi) is 8.73. The third-order valence-corrected chi connectivity index (χ3v) is 2.78. The second-order valence-electron chi connectivity index (χ2n) is 5.42. The molecule has 0 radical (unpaired) electrons. The second-order valence-corrected chi connectivity index (χ2v) is 5.42. The number of carbonyl (C=O) groups is 3. The van der Waals surface area contributed by atoms with Crippen LogP contribution in [0.2, 0.25) is 0 Å². The zero-order valence-corrected chi connectivity index (χ0v) is 14.3. The lowest BCUT2D eigenvalue weighted by atomic mass is 10.4. The molecule has 0 aromatic heterocycles. The fourth-order valence-electron chi connectivity index (χ4n) is 1.50. The van der Waals surface area contributed by atoms with Gasteiger partial charge in [-0.25, -0.2) is 14.4 Å². The van der Waals surface area contributed by atoms with Crippen LogP contribution in [-0.4, -0.2) is 106 Å². The van der Waals surface area contributed by atoms with Crippen LogP contribution in [0, 0.1) is 0 Å². The van der Waals surface area contributed by atoms with E-state index >= 15 is 0 Å². The minimum Gasteiger partial charge on any atom is -0.336 e. The van der Waals surface area contributed by atoms with Crippen molar-refractivity contribution in [2.75, 3.05) is 68.5 Å². The Morgan fingerprint density at radius 3 is 1.32 bits per heavy atom. The quantitative estimate of drug-likeness (QED) is 0.693. The van der Waals surface area contributed by atoms with Crippen molar-refractivity contribution in [3.05, 3.63) is 0 Å². The second kappa shape index (κ2) is 9.69. The highest BCUT2D eigenvalue weighted by molar-refractivity contribution is 5.75. The lowest BCUT2D eigenvalue weighted by Gasteiger charge is -2.27. The summed E-state index contributed by atoms with van der Waals surface area (Å²) < 4.78 is 0. The van der Waals surface area contributed by atoms with Gasteiger partial charge in [0, 0.05) is 68.5 Å². The predicted octanol–water partition coefficient (Wildman–Crippen LogP) is -0.488. The Balaban J connectivity index is 4.36. The van der Waals surface area contributed by atoms with Crippen LogP contribution in [0.5, 0.6) is 0 Å². The van der Waals surface area contributed by atoms with Crippen LogP contribution in [0.3, 0.4) is 0 Å². The molecule has 2 N–H and O–H groups in total. The molecule has 0 saturated carbocycles. The number of rotatable bonds is 6. The number of nitrogens with one attached hydrogen (secondary N) is 2. The summed E-state index contributed by atoms with van der Waals surface area (Å²) >= 11 is 0. The van der Waals surface area contributed by atoms with Crippen LogP contribution in [0.25, 0.3) is 0 Å². The van der Waals surface area contributed by atoms with E-state index in [-0.39, 0.29) is 18.1 Å². The molecule has 0 aliphatic rings. The smallest absolute Gasteiger partial charge is 0.319 e. The molecule has 9 nitrogen and oxygen atoms in total. The predicted molar refractivity (Wildman–Crippen MR) is 84.8 cm³/mol. The molecule has 0 fully saturated rings. The lowest BCUT2D eigenvalue weighted by molar-refractivity contribution is 0.169. The van der Waals surface area contributed by atoms with Gasteiger partial charge in [-0.15, -0.1) is 0 Å². The van der Waals surface area contributed by atoms with Gasteiger partial charge in [-0.2, -0.15) is 0 Å². The standard InChI is InChI=1S/C13H28N6O3/c1-16(2)11(20)14-7-9-19(13(22)18(5)6)10-8-15-12(21)17(3)4/h7-10H2,1-6H3,(H,14,20)(H,15,21). The van der Waals surface area contributed by atoms with Crippen molar-refractivity contribution >= 4 is 18.1 Å². The largest absolute Gasteiger partial charge is 0.336 e. The van der Waals surface area contributed by atoms with Crippen molar-refractivity contribution in [1.82, 2.24) is 30.2 Å². The van der Waals surface area contributed by atoms with E-state index in [9.17, 15) is 14.4 Å². The third-order valence-electron chi connectivity index (χ3n) is 2.78. The molecular formula is C13H28N6O3. The van der Waals surface area contributed by atoms with E-state index in [4.69, 9.17) is 0 Å². The Bertz CT molecular complexity index is 358. The average Bonchev–Trinajstić information content (AvgIpc) is 2.43. The van der Waals surface area contributed by atoms with Crippen LogP contribution in [-0.2, 0) is 0 Å². The maximum atomic E-state index is 12.1. The van der Waals surface area contributed by atoms with E-state index in [2.05, 4.69) is 10.6 Å². The van der Waals surface area contributed by atoms with Crippen LogP contribution in [0.4, 0.5) is 14.4 Å². The van der Waals surface area contributed by atoms with E-state index in [0.29, 0.717) is 26.2 Å². The molecule has 128 valence electrons. The molecular weight excluding hydrogens is 288 g/mol. The van der Waals surface area contributed by atoms with Crippen molar-refractivity contribution in [1.29, 1.82) is 0 Å². The summed E-state index contributed by atoms with van der Waals surface area (Å²) in [7, 11) is 9.91. The fraction of sp³-hybridized carbons (Fsp3) is 0.769. The maximum Gasteiger partial charge on any atom is 0.319 e. The van der Waals surface area contributed by atoms with Gasteiger partial charge in [-0.1, -0.05) is 0 Å². The minimum absolute atomic E-state index is 0.168. The van der Waals surface area contributed by atoms with Gasteiger partial charge in [-0.05, 0) is 0 Å². The van der Waals surface area contributed by atoms with E-state index in [1.807, 2.05) is 0 Å². The first-order chi connectivity index (χ1) is 10.2. The molecule has 0 rings (SSSR count). The highest BCUT2D eigenvalue weighted by Gasteiger charge is 2.16. The monoisotopic (exact) mass is 316 g/mol. The number of nitrogens with zero attached hydrogens (tertiary/aromatic N) is 4. The third kappa shape index (κ3) is 7.55. The molecule has 0 aliphatic carbocycles. The molecule has 0 saturated heterocycles. The van der Waals surface area contributed by atoms with E-state index in [1.54, 1.807) is 47.2 Å². The number of urea groups is 3. The summed E-state index contributed by atoms with van der Waals surface area (Å²) in [5.41, 5.74) is 0. The van der Waals surface area contributed by atoms with Crippen LogP contribution >= 0.6 is 0 Å². The zero-order valence-electron chi connectivity index (χ0n) is 14.3. The summed E-state index contributed by atoms with van der Waals surface area (Å²) in [6.45, 7) is 1.43. The topological polar surface area (TPSA) is 88.2 Å². The summed E-state index contributed by atoms with van der Waals surface area (Å²) in [6, 6.07) is -0.588. The van der Waals surface area contributed by atoms with Crippen molar-refractivity contribution in [2.24, 2.45) is 0 Å². The highest BCUT2D eigenvalue weighted by Crippen LogP contribution is 1.94. The summed E-state index contributed by atoms with van der Waals surface area (Å²) in [6.07, 6.45) is 0. The van der Waals surface area contributed by atoms with Gasteiger partial charge in [-0.3, -0.25) is 0 Å². The van der Waals surface area contributed by atoms with Crippen molar-refractivity contribution in [3.8, 4) is 0 Å². The summed E-state index contributed by atoms with van der Waals surface area (Å²) in [4.78, 5) is 40.8. The molecule has 0 unspecified atom stereocenters. The molecule has 0 heterocycles. The maximum absolute atomic E-state index is 12.1. The average molecular weight is 316 g/mol. The minimum atomic E-state index is -0.210. The fourth-order valence-corrected chi connectivity index (χ4v) is 1.50. The number of carbonyl (C=O) groups excluding carboxylic acids is 3. The highest BCUT2D eigenvalue weighted by atomic mass is 16.2. The van der Waals surface area contributed by atoms with Gasteiger partial charge >= 0.3 is 18.1 Å². The van der Waals surface area contributed by atoms with Gasteiger partial charge in [0.25, 0.3) is 0 Å². The van der Waals surface area contributed by atoms with Gasteiger partial charge in [0.15, 0.2) is 0 Å². The summed E-state index contributed by atoms with van der Waals surface area (Å²) in [5.74, 6) is 0. The molecule has 0 aromatic rings. The van der Waals surface area contributed by atoms with Crippen LogP contribution < -0.4 is 10.6 Å². The number of hydrogen-bond donors (Lipinski definition) is 2. The molecule has 9 heteroatoms. The number of amides is 6. The molecule has 0 aromatic carbocycles. The molecule has 22 heavy (non-hydrogen) atoms. The van der Waals surface area contributed by atoms with Crippen molar-refractivity contribution in [3.63, 3.8) is 0 Å². The molecule has 0 atom stereocenters. The first-order valence-corrected chi connectivity index (χ1v) is 7.03. The molecule has 0 spiro atoms. The van der Waals surface area contributed by atoms with Crippen LogP contribution in [0.1, 0.15) is 0 Å². The first kappa shape index (κ1) is 19.8. The molecule has 0 bridgehead atoms. The zero-order chi connectivity index (χ0) is 17.3. The van der Waals surface area contributed by atoms with Crippen molar-refractivity contribution in [2.45, 2.75) is 0 Å². The van der Waals surface area contributed by atoms with Gasteiger partial charge in [0.05, 0.1) is 0 Å². The van der Waals surface area contributed by atoms with Crippen molar-refractivity contribution < 1.29 is 14.4 Å². The number of hydrogen-bond acceptors (Lipinski definition) is 3. The Morgan fingerprint density at radius 2 is 1.05 bits per heavy atom. The van der Waals surface area contributed by atoms with Gasteiger partial charge in [0.1, 0.15) is 0 Å². The summed E-state index contributed by atoms with van der Waals surface area (Å²) in [5, 5.41) is 5.41. The van der Waals surface area contributed by atoms with E-state index < -0.39 is 0 Å². The van der Waals surface area contributed by atoms with Gasteiger partial charge < -0.3 is 30.2 Å². The molecule has 0 aliphatic heterocycles. The first-order valence-electron chi connectivity index (χ1n) is 7.03. The SMILES string of the molecule is CN(C)C(=O)NCCN(CCNC(=O)N(C)C)C(=O)N(C)C. The van der Waals surface area contributed by atoms with Crippen LogP contribution in [0.15, 0.2) is 0 Å².